The van der Waals surface area contributed by atoms with E-state index in [0.29, 0.717) is 11.1 Å². The third kappa shape index (κ3) is 4.73. The molecule has 3 aromatic rings. The number of esters is 1. The van der Waals surface area contributed by atoms with Crippen molar-refractivity contribution in [2.45, 2.75) is 31.0 Å². The smallest absolute Gasteiger partial charge is 0.351 e. The average Bonchev–Trinajstić information content (AvgIpc) is 3.07. The highest BCUT2D eigenvalue weighted by molar-refractivity contribution is 6.03. The van der Waals surface area contributed by atoms with Crippen molar-refractivity contribution < 1.29 is 28.6 Å². The molecule has 2 aromatic carbocycles. The Morgan fingerprint density at radius 1 is 1.12 bits per heavy atom. The molecule has 34 heavy (non-hydrogen) atoms. The Morgan fingerprint density at radius 3 is 2.35 bits per heavy atom. The lowest BCUT2D eigenvalue weighted by molar-refractivity contribution is -0.0645. The van der Waals surface area contributed by atoms with Crippen LogP contribution in [0.15, 0.2) is 77.7 Å². The molecule has 2 N–H and O–H groups in total. The molecule has 1 saturated heterocycles. The predicted octanol–water partition coefficient (Wildman–Crippen LogP) is 2.34. The van der Waals surface area contributed by atoms with Crippen molar-refractivity contribution in [1.82, 2.24) is 9.55 Å². The van der Waals surface area contributed by atoms with Crippen LogP contribution in [-0.2, 0) is 9.47 Å². The number of alkyl halides is 1. The van der Waals surface area contributed by atoms with Gasteiger partial charge in [-0.1, -0.05) is 36.4 Å². The van der Waals surface area contributed by atoms with Crippen molar-refractivity contribution in [1.29, 1.82) is 0 Å². The molecule has 0 spiro atoms. The highest BCUT2D eigenvalue weighted by Crippen LogP contribution is 2.40. The van der Waals surface area contributed by atoms with Crippen LogP contribution in [-0.4, -0.2) is 51.0 Å². The van der Waals surface area contributed by atoms with Gasteiger partial charge in [-0.25, -0.2) is 14.0 Å². The molecule has 0 saturated carbocycles. The highest BCUT2D eigenvalue weighted by Gasteiger charge is 2.55. The summed E-state index contributed by atoms with van der Waals surface area (Å²) in [4.78, 5) is 40.8. The molecule has 0 bridgehead atoms. The Morgan fingerprint density at radius 2 is 1.74 bits per heavy atom. The SMILES string of the molecule is C[C@@]1(F)[C@H](O)[C@@H](COC(=O)c2ccccc2)O[C@H]1n1ccc(NC(=O)c2ccccc2)nc1=O. The van der Waals surface area contributed by atoms with E-state index in [4.69, 9.17) is 9.47 Å². The Bertz CT molecular complexity index is 1230. The summed E-state index contributed by atoms with van der Waals surface area (Å²) in [5, 5.41) is 12.9. The molecule has 0 aliphatic carbocycles. The summed E-state index contributed by atoms with van der Waals surface area (Å²) < 4.78 is 27.0. The summed E-state index contributed by atoms with van der Waals surface area (Å²) in [7, 11) is 0. The Labute approximate surface area is 193 Å². The van der Waals surface area contributed by atoms with Gasteiger partial charge < -0.3 is 19.9 Å². The molecule has 2 heterocycles. The molecule has 1 aliphatic rings. The fraction of sp³-hybridized carbons (Fsp3) is 0.250. The minimum atomic E-state index is -2.38. The summed E-state index contributed by atoms with van der Waals surface area (Å²) >= 11 is 0. The second-order valence-electron chi connectivity index (χ2n) is 7.91. The van der Waals surface area contributed by atoms with Crippen molar-refractivity contribution >= 4 is 17.7 Å². The van der Waals surface area contributed by atoms with Gasteiger partial charge in [0.05, 0.1) is 5.56 Å². The maximum atomic E-state index is 15.4. The fourth-order valence-electron chi connectivity index (χ4n) is 3.60. The van der Waals surface area contributed by atoms with E-state index in [2.05, 4.69) is 10.3 Å². The van der Waals surface area contributed by atoms with Gasteiger partial charge in [-0.3, -0.25) is 9.36 Å². The Balaban J connectivity index is 1.46. The largest absolute Gasteiger partial charge is 0.459 e. The second kappa shape index (κ2) is 9.54. The lowest BCUT2D eigenvalue weighted by Gasteiger charge is -2.24. The van der Waals surface area contributed by atoms with Crippen molar-refractivity contribution in [3.05, 3.63) is 94.5 Å². The van der Waals surface area contributed by atoms with E-state index in [0.717, 1.165) is 11.5 Å². The third-order valence-corrected chi connectivity index (χ3v) is 5.47. The molecule has 1 aliphatic heterocycles. The Kier molecular flexibility index (Phi) is 6.53. The first-order valence-corrected chi connectivity index (χ1v) is 10.5. The number of carbonyl (C=O) groups excluding carboxylic acids is 2. The summed E-state index contributed by atoms with van der Waals surface area (Å²) in [5.74, 6) is -1.14. The molecule has 0 unspecified atom stereocenters. The van der Waals surface area contributed by atoms with E-state index >= 15 is 4.39 Å². The van der Waals surface area contributed by atoms with Crippen LogP contribution in [0.25, 0.3) is 0 Å². The number of rotatable bonds is 6. The Hall–Kier alpha value is -3.89. The molecular weight excluding hydrogens is 445 g/mol. The van der Waals surface area contributed by atoms with Gasteiger partial charge in [0, 0.05) is 11.8 Å². The lowest BCUT2D eigenvalue weighted by Crippen LogP contribution is -2.43. The molecule has 10 heteroatoms. The molecular formula is C24H22FN3O6. The number of amides is 1. The molecule has 0 radical (unpaired) electrons. The van der Waals surface area contributed by atoms with Crippen molar-refractivity contribution in [2.75, 3.05) is 11.9 Å². The van der Waals surface area contributed by atoms with Gasteiger partial charge in [-0.2, -0.15) is 4.98 Å². The van der Waals surface area contributed by atoms with Crippen LogP contribution in [0.5, 0.6) is 0 Å². The van der Waals surface area contributed by atoms with Crippen molar-refractivity contribution in [2.24, 2.45) is 0 Å². The number of halogens is 1. The van der Waals surface area contributed by atoms with Crippen molar-refractivity contribution in [3.8, 4) is 0 Å². The summed E-state index contributed by atoms with van der Waals surface area (Å²) in [6, 6.07) is 17.8. The first kappa shape index (κ1) is 23.3. The number of nitrogens with one attached hydrogen (secondary N) is 1. The van der Waals surface area contributed by atoms with Gasteiger partial charge >= 0.3 is 11.7 Å². The van der Waals surface area contributed by atoms with Gasteiger partial charge in [0.2, 0.25) is 0 Å². The number of hydrogen-bond acceptors (Lipinski definition) is 7. The molecule has 4 rings (SSSR count). The molecule has 4 atom stereocenters. The van der Waals surface area contributed by atoms with Crippen LogP contribution in [0.3, 0.4) is 0 Å². The first-order chi connectivity index (χ1) is 16.3. The van der Waals surface area contributed by atoms with E-state index in [1.54, 1.807) is 60.7 Å². The third-order valence-electron chi connectivity index (χ3n) is 5.47. The standard InChI is InChI=1S/C24H22FN3O6/c1-24(25)19(29)17(14-33-21(31)16-10-6-3-7-11-16)34-22(24)28-13-12-18(27-23(28)32)26-20(30)15-8-4-2-5-9-15/h2-13,17,19,22,29H,14H2,1H3,(H,26,27,30,32)/t17-,19-,22-,24-/m1/s1. The van der Waals surface area contributed by atoms with Crippen LogP contribution < -0.4 is 11.0 Å². The maximum Gasteiger partial charge on any atom is 0.351 e. The van der Waals surface area contributed by atoms with Gasteiger partial charge in [0.1, 0.15) is 24.6 Å². The van der Waals surface area contributed by atoms with Gasteiger partial charge in [-0.05, 0) is 37.3 Å². The van der Waals surface area contributed by atoms with Crippen LogP contribution in [0.1, 0.15) is 33.9 Å². The average molecular weight is 467 g/mol. The number of aliphatic hydroxyl groups excluding tert-OH is 1. The summed E-state index contributed by atoms with van der Waals surface area (Å²) in [6.07, 6.45) is -3.20. The number of anilines is 1. The molecule has 1 amide bonds. The van der Waals surface area contributed by atoms with Gasteiger partial charge in [0.25, 0.3) is 5.91 Å². The van der Waals surface area contributed by atoms with E-state index in [-0.39, 0.29) is 5.82 Å². The molecule has 1 fully saturated rings. The topological polar surface area (TPSA) is 120 Å². The number of ether oxygens (including phenoxy) is 2. The zero-order chi connectivity index (χ0) is 24.3. The van der Waals surface area contributed by atoms with E-state index < -0.39 is 48.3 Å². The number of carbonyl (C=O) groups is 2. The summed E-state index contributed by atoms with van der Waals surface area (Å²) in [5.41, 5.74) is -2.61. The summed E-state index contributed by atoms with van der Waals surface area (Å²) in [6.45, 7) is 0.664. The fourth-order valence-corrected chi connectivity index (χ4v) is 3.60. The number of aliphatic hydroxyl groups is 1. The van der Waals surface area contributed by atoms with E-state index in [1.165, 1.54) is 12.3 Å². The van der Waals surface area contributed by atoms with E-state index in [9.17, 15) is 19.5 Å². The quantitative estimate of drug-likeness (QED) is 0.534. The van der Waals surface area contributed by atoms with Crippen molar-refractivity contribution in [3.63, 3.8) is 0 Å². The second-order valence-corrected chi connectivity index (χ2v) is 7.91. The normalized spacial score (nSPS) is 23.9. The number of hydrogen-bond donors (Lipinski definition) is 2. The monoisotopic (exact) mass is 467 g/mol. The zero-order valence-electron chi connectivity index (χ0n) is 18.1. The number of benzene rings is 2. The molecule has 9 nitrogen and oxygen atoms in total. The first-order valence-electron chi connectivity index (χ1n) is 10.5. The zero-order valence-corrected chi connectivity index (χ0v) is 18.1. The van der Waals surface area contributed by atoms with Crippen LogP contribution >= 0.6 is 0 Å². The van der Waals surface area contributed by atoms with Crippen LogP contribution in [0.4, 0.5) is 10.2 Å². The number of nitrogens with zero attached hydrogens (tertiary/aromatic N) is 2. The minimum absolute atomic E-state index is 0.0254. The highest BCUT2D eigenvalue weighted by atomic mass is 19.1. The maximum absolute atomic E-state index is 15.4. The minimum Gasteiger partial charge on any atom is -0.459 e. The molecule has 1 aromatic heterocycles. The molecule has 176 valence electrons. The van der Waals surface area contributed by atoms with Gasteiger partial charge in [-0.15, -0.1) is 0 Å². The predicted molar refractivity (Wildman–Crippen MR) is 119 cm³/mol. The number of aromatic nitrogens is 2. The van der Waals surface area contributed by atoms with Crippen LogP contribution in [0.2, 0.25) is 0 Å². The van der Waals surface area contributed by atoms with E-state index in [1.807, 2.05) is 0 Å². The van der Waals surface area contributed by atoms with Crippen LogP contribution in [0, 0.1) is 0 Å². The van der Waals surface area contributed by atoms with Gasteiger partial charge in [0.15, 0.2) is 11.9 Å². The lowest BCUT2D eigenvalue weighted by atomic mass is 9.98.